The number of aliphatic hydroxyl groups excluding tert-OH is 7. The van der Waals surface area contributed by atoms with Crippen LogP contribution < -0.4 is 0 Å². The summed E-state index contributed by atoms with van der Waals surface area (Å²) in [4.78, 5) is 13.9. The molecule has 1 amide bonds. The summed E-state index contributed by atoms with van der Waals surface area (Å²) < 4.78 is 78.5. The highest BCUT2D eigenvalue weighted by Crippen LogP contribution is 2.30. The second-order valence-electron chi connectivity index (χ2n) is 14.5. The standard InChI is InChI=1S/C38H69NO22/c1-5-6-48-7-8-49-9-10-50-11-12-51-13-14-52-15-16-53-17-18-54-21-26(22-55-25-23-56-38(2,57-24-25)37(47)39(3)4)58-35-33(46)31(44)34(28(20-41)60-35)61-36-32(45)30(43)29(42)27(19-40)59-36/h5,25-36,40-46H,1,6-24H2,2-4H3/t25-,26-,27-,28-,29+,30+,31-,32-,33-,34-,35-,36+,38+/m1/s1. The van der Waals surface area contributed by atoms with Crippen molar-refractivity contribution in [2.75, 3.05) is 140 Å². The normalized spacial score (nSPS) is 32.5. The van der Waals surface area contributed by atoms with Gasteiger partial charge in [0.25, 0.3) is 5.91 Å². The third kappa shape index (κ3) is 18.4. The second kappa shape index (κ2) is 29.7. The van der Waals surface area contributed by atoms with Crippen molar-refractivity contribution >= 4 is 5.91 Å². The highest BCUT2D eigenvalue weighted by molar-refractivity contribution is 5.82. The molecule has 7 N–H and O–H groups in total. The van der Waals surface area contributed by atoms with E-state index in [0.717, 1.165) is 0 Å². The van der Waals surface area contributed by atoms with Gasteiger partial charge in [-0.25, -0.2) is 0 Å². The van der Waals surface area contributed by atoms with Crippen LogP contribution >= 0.6 is 0 Å². The van der Waals surface area contributed by atoms with E-state index in [1.165, 1.54) is 11.8 Å². The van der Waals surface area contributed by atoms with E-state index in [0.29, 0.717) is 72.7 Å². The van der Waals surface area contributed by atoms with Gasteiger partial charge >= 0.3 is 0 Å². The highest BCUT2D eigenvalue weighted by atomic mass is 16.8. The topological polar surface area (TPSA) is 291 Å². The van der Waals surface area contributed by atoms with Gasteiger partial charge in [-0.1, -0.05) is 6.08 Å². The molecule has 0 spiro atoms. The molecule has 0 bridgehead atoms. The Bertz CT molecular complexity index is 1160. The molecule has 358 valence electrons. The van der Waals surface area contributed by atoms with Gasteiger partial charge in [0.15, 0.2) is 12.6 Å². The summed E-state index contributed by atoms with van der Waals surface area (Å²) in [6.45, 7) is 8.34. The van der Waals surface area contributed by atoms with E-state index in [4.69, 9.17) is 66.3 Å². The van der Waals surface area contributed by atoms with E-state index in [9.17, 15) is 40.5 Å². The number of amides is 1. The molecule has 0 aromatic heterocycles. The largest absolute Gasteiger partial charge is 0.394 e. The molecule has 23 heteroatoms. The van der Waals surface area contributed by atoms with E-state index < -0.39 is 92.6 Å². The van der Waals surface area contributed by atoms with Gasteiger partial charge in [0.2, 0.25) is 5.79 Å². The first-order valence-corrected chi connectivity index (χ1v) is 20.4. The number of aliphatic hydroxyl groups is 7. The molecule has 3 aliphatic heterocycles. The van der Waals surface area contributed by atoms with Crippen LogP contribution in [-0.2, 0) is 71.1 Å². The lowest BCUT2D eigenvalue weighted by Crippen LogP contribution is -2.65. The van der Waals surface area contributed by atoms with Gasteiger partial charge in [-0.2, -0.15) is 0 Å². The molecule has 3 fully saturated rings. The van der Waals surface area contributed by atoms with E-state index in [-0.39, 0.29) is 45.5 Å². The lowest BCUT2D eigenvalue weighted by atomic mass is 9.97. The van der Waals surface area contributed by atoms with Crippen LogP contribution in [0.2, 0.25) is 0 Å². The van der Waals surface area contributed by atoms with Crippen molar-refractivity contribution in [3.05, 3.63) is 12.7 Å². The molecule has 23 nitrogen and oxygen atoms in total. The molecule has 0 aromatic carbocycles. The molecule has 3 aliphatic rings. The Morgan fingerprint density at radius 1 is 0.672 bits per heavy atom. The SMILES string of the molecule is C=CCOCCOCCOCCOCCOCCOCCOC[C@H](CO[C@H]1CO[C@@](C)(C(=O)N(C)C)OC1)O[C@@H]1O[C@H](CO)[C@@H](O[C@@H]2O[C@H](CO)[C@H](O)[C@H](O)[C@H]2O)[C@H](O)[C@H]1O. The van der Waals surface area contributed by atoms with E-state index in [2.05, 4.69) is 6.58 Å². The summed E-state index contributed by atoms with van der Waals surface area (Å²) in [5.41, 5.74) is 0. The first kappa shape index (κ1) is 53.7. The molecule has 0 aliphatic carbocycles. The quantitative estimate of drug-likeness (QED) is 0.0248. The molecular weight excluding hydrogens is 822 g/mol. The smallest absolute Gasteiger partial charge is 0.282 e. The number of likely N-dealkylation sites (N-methyl/N-ethyl adjacent to an activating group) is 1. The van der Waals surface area contributed by atoms with Crippen LogP contribution in [0.3, 0.4) is 0 Å². The summed E-state index contributed by atoms with van der Waals surface area (Å²) in [7, 11) is 3.16. The number of carbonyl (C=O) groups excluding carboxylic acids is 1. The van der Waals surface area contributed by atoms with Crippen molar-refractivity contribution in [3.8, 4) is 0 Å². The van der Waals surface area contributed by atoms with Crippen molar-refractivity contribution in [1.82, 2.24) is 4.90 Å². The van der Waals surface area contributed by atoms with Gasteiger partial charge < -0.3 is 107 Å². The molecule has 3 saturated heterocycles. The average Bonchev–Trinajstić information content (AvgIpc) is 3.25. The van der Waals surface area contributed by atoms with Gasteiger partial charge in [0, 0.05) is 14.1 Å². The van der Waals surface area contributed by atoms with Crippen molar-refractivity contribution < 1.29 is 107 Å². The Hall–Kier alpha value is -1.63. The number of ether oxygens (including phenoxy) is 14. The van der Waals surface area contributed by atoms with Crippen molar-refractivity contribution in [2.24, 2.45) is 0 Å². The van der Waals surface area contributed by atoms with Crippen LogP contribution in [0.15, 0.2) is 12.7 Å². The zero-order valence-corrected chi connectivity index (χ0v) is 35.3. The molecule has 3 rings (SSSR count). The van der Waals surface area contributed by atoms with Crippen molar-refractivity contribution in [1.29, 1.82) is 0 Å². The Kier molecular flexibility index (Phi) is 26.2. The highest BCUT2D eigenvalue weighted by Gasteiger charge is 2.51. The first-order chi connectivity index (χ1) is 29.4. The predicted molar refractivity (Wildman–Crippen MR) is 206 cm³/mol. The van der Waals surface area contributed by atoms with Gasteiger partial charge in [-0.15, -0.1) is 6.58 Å². The van der Waals surface area contributed by atoms with Crippen molar-refractivity contribution in [2.45, 2.75) is 86.3 Å². The number of hydrogen-bond donors (Lipinski definition) is 7. The number of rotatable bonds is 32. The van der Waals surface area contributed by atoms with Gasteiger partial charge in [-0.05, 0) is 6.92 Å². The maximum Gasteiger partial charge on any atom is 0.282 e. The Morgan fingerprint density at radius 3 is 1.64 bits per heavy atom. The fraction of sp³-hybridized carbons (Fsp3) is 0.921. The van der Waals surface area contributed by atoms with E-state index in [1.807, 2.05) is 0 Å². The van der Waals surface area contributed by atoms with Gasteiger partial charge in [0.05, 0.1) is 126 Å². The summed E-state index contributed by atoms with van der Waals surface area (Å²) >= 11 is 0. The summed E-state index contributed by atoms with van der Waals surface area (Å²) in [6, 6.07) is 0. The third-order valence-electron chi connectivity index (χ3n) is 9.46. The Balaban J connectivity index is 1.41. The zero-order valence-electron chi connectivity index (χ0n) is 35.3. The first-order valence-electron chi connectivity index (χ1n) is 20.4. The molecule has 0 radical (unpaired) electrons. The average molecular weight is 892 g/mol. The summed E-state index contributed by atoms with van der Waals surface area (Å²) in [6.07, 6.45) is -16.1. The third-order valence-corrected chi connectivity index (χ3v) is 9.46. The van der Waals surface area contributed by atoms with Crippen LogP contribution in [0.25, 0.3) is 0 Å². The van der Waals surface area contributed by atoms with Crippen LogP contribution in [0.4, 0.5) is 0 Å². The van der Waals surface area contributed by atoms with Crippen LogP contribution in [0.5, 0.6) is 0 Å². The molecule has 61 heavy (non-hydrogen) atoms. The van der Waals surface area contributed by atoms with Crippen LogP contribution in [0.1, 0.15) is 6.92 Å². The minimum absolute atomic E-state index is 0.00885. The summed E-state index contributed by atoms with van der Waals surface area (Å²) in [5, 5.41) is 72.5. The molecule has 0 aromatic rings. The zero-order chi connectivity index (χ0) is 44.6. The number of carbonyl (C=O) groups is 1. The number of nitrogens with zero attached hydrogens (tertiary/aromatic N) is 1. The lowest BCUT2D eigenvalue weighted by Gasteiger charge is -2.46. The van der Waals surface area contributed by atoms with Gasteiger partial charge in [0.1, 0.15) is 61.0 Å². The molecule has 11 atom stereocenters. The minimum atomic E-state index is -1.82. The molecule has 3 heterocycles. The van der Waals surface area contributed by atoms with E-state index >= 15 is 0 Å². The minimum Gasteiger partial charge on any atom is -0.394 e. The monoisotopic (exact) mass is 891 g/mol. The molecule has 0 saturated carbocycles. The van der Waals surface area contributed by atoms with Crippen LogP contribution in [0, 0.1) is 0 Å². The molecule has 0 unspecified atom stereocenters. The number of hydrogen-bond acceptors (Lipinski definition) is 22. The van der Waals surface area contributed by atoms with Gasteiger partial charge in [-0.3, -0.25) is 4.79 Å². The lowest BCUT2D eigenvalue weighted by molar-refractivity contribution is -0.364. The molecular formula is C38H69NO22. The fourth-order valence-electron chi connectivity index (χ4n) is 6.05. The second-order valence-corrected chi connectivity index (χ2v) is 14.5. The maximum absolute atomic E-state index is 12.5. The van der Waals surface area contributed by atoms with E-state index in [1.54, 1.807) is 20.2 Å². The predicted octanol–water partition coefficient (Wildman–Crippen LogP) is -4.47. The van der Waals surface area contributed by atoms with Crippen molar-refractivity contribution in [3.63, 3.8) is 0 Å². The Morgan fingerprint density at radius 2 is 1.15 bits per heavy atom. The van der Waals surface area contributed by atoms with Crippen LogP contribution in [-0.4, -0.2) is 266 Å². The Labute approximate surface area is 356 Å². The maximum atomic E-state index is 12.5. The summed E-state index contributed by atoms with van der Waals surface area (Å²) in [5.74, 6) is -1.87. The fourth-order valence-corrected chi connectivity index (χ4v) is 6.05.